The van der Waals surface area contributed by atoms with Gasteiger partial charge in [-0.1, -0.05) is 53.7 Å². The zero-order valence-corrected chi connectivity index (χ0v) is 12.1. The van der Waals surface area contributed by atoms with E-state index in [1.54, 1.807) is 66.7 Å². The molecule has 6 heteroatoms. The zero-order chi connectivity index (χ0) is 16.5. The van der Waals surface area contributed by atoms with Gasteiger partial charge in [-0.15, -0.1) is 0 Å². The maximum absolute atomic E-state index is 11.9. The highest BCUT2D eigenvalue weighted by Crippen LogP contribution is 2.05. The molecule has 0 radical (unpaired) electrons. The number of ketones is 1. The first-order chi connectivity index (χ1) is 11.2. The summed E-state index contributed by atoms with van der Waals surface area (Å²) in [6, 6.07) is 18.8. The maximum Gasteiger partial charge on any atom is 0.288 e. The number of nitrogens with zero attached hydrogens (tertiary/aromatic N) is 2. The lowest BCUT2D eigenvalue weighted by molar-refractivity contribution is -0.110. The molecule has 0 spiro atoms. The first-order valence-electron chi connectivity index (χ1n) is 6.75. The number of rotatable bonds is 6. The minimum atomic E-state index is -0.703. The van der Waals surface area contributed by atoms with E-state index >= 15 is 0 Å². The summed E-state index contributed by atoms with van der Waals surface area (Å²) in [7, 11) is 0. The van der Waals surface area contributed by atoms with Crippen molar-refractivity contribution in [1.82, 2.24) is 0 Å². The Morgan fingerprint density at radius 2 is 1.65 bits per heavy atom. The van der Waals surface area contributed by atoms with Crippen molar-refractivity contribution in [3.05, 3.63) is 66.2 Å². The number of para-hydroxylation sites is 1. The fourth-order valence-electron chi connectivity index (χ4n) is 1.69. The number of Topliss-reactive ketones (excluding diaryl/α,β-unsaturated/α-hetero) is 1. The van der Waals surface area contributed by atoms with Crippen molar-refractivity contribution < 1.29 is 14.4 Å². The number of oxime groups is 1. The zero-order valence-electron chi connectivity index (χ0n) is 12.1. The third-order valence-electron chi connectivity index (χ3n) is 2.80. The molecule has 2 rings (SSSR count). The molecule has 2 aromatic rings. The van der Waals surface area contributed by atoms with Crippen LogP contribution in [0.4, 0.5) is 5.69 Å². The lowest BCUT2D eigenvalue weighted by Crippen LogP contribution is -2.22. The van der Waals surface area contributed by atoms with Crippen molar-refractivity contribution in [2.24, 2.45) is 5.16 Å². The number of carbonyl (C=O) groups excluding carboxylic acids is 2. The Kier molecular flexibility index (Phi) is 5.61. The molecule has 0 atom stereocenters. The summed E-state index contributed by atoms with van der Waals surface area (Å²) in [4.78, 5) is 28.5. The van der Waals surface area contributed by atoms with Gasteiger partial charge >= 0.3 is 0 Å². The molecule has 0 fully saturated rings. The Morgan fingerprint density at radius 1 is 1.04 bits per heavy atom. The molecule has 23 heavy (non-hydrogen) atoms. The fourth-order valence-corrected chi connectivity index (χ4v) is 1.69. The molecule has 114 valence electrons. The van der Waals surface area contributed by atoms with Gasteiger partial charge in [0.25, 0.3) is 5.91 Å². The first-order valence-corrected chi connectivity index (χ1v) is 6.75. The second-order valence-electron chi connectivity index (χ2n) is 4.43. The molecule has 0 bridgehead atoms. The Bertz CT molecular complexity index is 750. The van der Waals surface area contributed by atoms with Crippen LogP contribution in [0.25, 0.3) is 0 Å². The van der Waals surface area contributed by atoms with Crippen LogP contribution in [-0.2, 0) is 9.63 Å². The van der Waals surface area contributed by atoms with E-state index in [9.17, 15) is 9.59 Å². The molecule has 2 aromatic carbocycles. The largest absolute Gasteiger partial charge is 0.386 e. The van der Waals surface area contributed by atoms with Gasteiger partial charge in [0, 0.05) is 11.3 Å². The summed E-state index contributed by atoms with van der Waals surface area (Å²) in [6.07, 6.45) is 0. The first kappa shape index (κ1) is 15.9. The second kappa shape index (κ2) is 8.10. The van der Waals surface area contributed by atoms with Gasteiger partial charge in [0.05, 0.1) is 0 Å². The molecular weight excluding hydrogens is 294 g/mol. The van der Waals surface area contributed by atoms with Crippen molar-refractivity contribution in [1.29, 1.82) is 5.26 Å². The van der Waals surface area contributed by atoms with Crippen LogP contribution in [0.15, 0.2) is 65.8 Å². The summed E-state index contributed by atoms with van der Waals surface area (Å²) in [5, 5.41) is 14.9. The van der Waals surface area contributed by atoms with E-state index in [1.807, 2.05) is 0 Å². The molecular formula is C17H13N3O3. The third-order valence-corrected chi connectivity index (χ3v) is 2.80. The highest BCUT2D eigenvalue weighted by atomic mass is 16.6. The van der Waals surface area contributed by atoms with Crippen LogP contribution in [0.2, 0.25) is 0 Å². The van der Waals surface area contributed by atoms with Crippen molar-refractivity contribution in [2.45, 2.75) is 0 Å². The minimum Gasteiger partial charge on any atom is -0.386 e. The number of carbonyl (C=O) groups is 2. The van der Waals surface area contributed by atoms with Crippen LogP contribution in [-0.4, -0.2) is 24.0 Å². The smallest absolute Gasteiger partial charge is 0.288 e. The van der Waals surface area contributed by atoms with Crippen LogP contribution in [0, 0.1) is 11.3 Å². The quantitative estimate of drug-likeness (QED) is 0.504. The molecule has 0 aliphatic rings. The van der Waals surface area contributed by atoms with Crippen molar-refractivity contribution in [3.8, 4) is 6.07 Å². The van der Waals surface area contributed by atoms with E-state index in [0.29, 0.717) is 11.3 Å². The van der Waals surface area contributed by atoms with Crippen LogP contribution in [0.1, 0.15) is 10.4 Å². The summed E-state index contributed by atoms with van der Waals surface area (Å²) in [5.74, 6) is -0.999. The van der Waals surface area contributed by atoms with E-state index in [2.05, 4.69) is 10.5 Å². The van der Waals surface area contributed by atoms with Crippen LogP contribution in [0.3, 0.4) is 0 Å². The Balaban J connectivity index is 1.93. The lowest BCUT2D eigenvalue weighted by atomic mass is 10.1. The molecule has 6 nitrogen and oxygen atoms in total. The van der Waals surface area contributed by atoms with Gasteiger partial charge in [0.1, 0.15) is 6.07 Å². The fraction of sp³-hybridized carbons (Fsp3) is 0.0588. The number of anilines is 1. The third kappa shape index (κ3) is 4.79. The minimum absolute atomic E-state index is 0.296. The standard InChI is InChI=1S/C17H13N3O3/c18-11-15(17(22)19-14-9-5-2-6-10-14)20-23-12-16(21)13-7-3-1-4-8-13/h1-10H,12H2,(H,19,22)/b20-15+. The summed E-state index contributed by atoms with van der Waals surface area (Å²) in [6.45, 7) is -0.353. The molecule has 0 unspecified atom stereocenters. The number of amides is 1. The molecule has 0 heterocycles. The lowest BCUT2D eigenvalue weighted by Gasteiger charge is -2.03. The van der Waals surface area contributed by atoms with E-state index in [0.717, 1.165) is 0 Å². The Labute approximate surface area is 133 Å². The van der Waals surface area contributed by atoms with E-state index in [4.69, 9.17) is 10.1 Å². The van der Waals surface area contributed by atoms with Gasteiger partial charge in [-0.2, -0.15) is 5.26 Å². The molecule has 1 N–H and O–H groups in total. The number of nitrogens with one attached hydrogen (secondary N) is 1. The number of hydrogen-bond acceptors (Lipinski definition) is 5. The number of nitriles is 1. The van der Waals surface area contributed by atoms with Gasteiger partial charge in [-0.05, 0) is 12.1 Å². The molecule has 1 amide bonds. The van der Waals surface area contributed by atoms with E-state index in [-0.39, 0.29) is 12.4 Å². The summed E-state index contributed by atoms with van der Waals surface area (Å²) < 4.78 is 0. The second-order valence-corrected chi connectivity index (χ2v) is 4.43. The van der Waals surface area contributed by atoms with E-state index in [1.165, 1.54) is 0 Å². The van der Waals surface area contributed by atoms with Gasteiger partial charge in [0.2, 0.25) is 11.5 Å². The summed E-state index contributed by atoms with van der Waals surface area (Å²) in [5.41, 5.74) is 0.533. The molecule has 0 aliphatic heterocycles. The average Bonchev–Trinajstić information content (AvgIpc) is 2.60. The molecule has 0 aliphatic carbocycles. The Morgan fingerprint density at radius 3 is 2.26 bits per heavy atom. The maximum atomic E-state index is 11.9. The predicted molar refractivity (Wildman–Crippen MR) is 84.8 cm³/mol. The van der Waals surface area contributed by atoms with Crippen LogP contribution in [0.5, 0.6) is 0 Å². The molecule has 0 aromatic heterocycles. The summed E-state index contributed by atoms with van der Waals surface area (Å²) >= 11 is 0. The SMILES string of the molecule is N#C/C(=N\OCC(=O)c1ccccc1)C(=O)Nc1ccccc1. The van der Waals surface area contributed by atoms with Crippen molar-refractivity contribution in [3.63, 3.8) is 0 Å². The van der Waals surface area contributed by atoms with Gasteiger partial charge in [-0.25, -0.2) is 0 Å². The highest BCUT2D eigenvalue weighted by molar-refractivity contribution is 6.48. The molecule has 0 saturated heterocycles. The van der Waals surface area contributed by atoms with Crippen molar-refractivity contribution >= 4 is 23.1 Å². The normalized spacial score (nSPS) is 10.5. The van der Waals surface area contributed by atoms with Crippen molar-refractivity contribution in [2.75, 3.05) is 11.9 Å². The number of hydrogen-bond donors (Lipinski definition) is 1. The monoisotopic (exact) mass is 307 g/mol. The van der Waals surface area contributed by atoms with E-state index < -0.39 is 11.6 Å². The van der Waals surface area contributed by atoms with Gasteiger partial charge in [0.15, 0.2) is 6.61 Å². The van der Waals surface area contributed by atoms with Gasteiger partial charge in [-0.3, -0.25) is 9.59 Å². The average molecular weight is 307 g/mol. The van der Waals surface area contributed by atoms with Crippen LogP contribution >= 0.6 is 0 Å². The highest BCUT2D eigenvalue weighted by Gasteiger charge is 2.13. The molecule has 0 saturated carbocycles. The van der Waals surface area contributed by atoms with Gasteiger partial charge < -0.3 is 10.2 Å². The topological polar surface area (TPSA) is 91.5 Å². The van der Waals surface area contributed by atoms with Crippen LogP contribution < -0.4 is 5.32 Å². The number of benzene rings is 2. The Hall–Kier alpha value is -3.46. The predicted octanol–water partition coefficient (Wildman–Crippen LogP) is 2.40.